The molecule has 1 fully saturated rings. The van der Waals surface area contributed by atoms with Crippen molar-refractivity contribution in [2.45, 2.75) is 19.2 Å². The van der Waals surface area contributed by atoms with E-state index in [1.54, 1.807) is 6.07 Å². The molecule has 0 saturated carbocycles. The van der Waals surface area contributed by atoms with Crippen molar-refractivity contribution in [3.63, 3.8) is 0 Å². The fourth-order valence-electron chi connectivity index (χ4n) is 3.12. The number of likely N-dealkylation sites (tertiary alicyclic amines) is 1. The molecule has 1 aliphatic heterocycles. The summed E-state index contributed by atoms with van der Waals surface area (Å²) in [5.74, 6) is 5.39. The number of amides is 1. The van der Waals surface area contributed by atoms with E-state index in [0.717, 1.165) is 32.0 Å². The van der Waals surface area contributed by atoms with Gasteiger partial charge in [0.05, 0.1) is 11.1 Å². The summed E-state index contributed by atoms with van der Waals surface area (Å²) in [6.45, 7) is 5.13. The maximum absolute atomic E-state index is 12.3. The van der Waals surface area contributed by atoms with Gasteiger partial charge >= 0.3 is 6.36 Å². The third-order valence-corrected chi connectivity index (χ3v) is 4.65. The number of rotatable bonds is 4. The highest BCUT2D eigenvalue weighted by Crippen LogP contribution is 2.31. The van der Waals surface area contributed by atoms with Gasteiger partial charge < -0.3 is 25.1 Å². The number of carbonyl (C=O) groups is 1. The van der Waals surface area contributed by atoms with Crippen molar-refractivity contribution in [1.82, 2.24) is 19.9 Å². The number of anilines is 1. The maximum Gasteiger partial charge on any atom is 0.573 e. The van der Waals surface area contributed by atoms with Crippen molar-refractivity contribution in [1.29, 1.82) is 0 Å². The van der Waals surface area contributed by atoms with Gasteiger partial charge in [0.2, 0.25) is 5.91 Å². The first-order valence-corrected chi connectivity index (χ1v) is 10.2. The summed E-state index contributed by atoms with van der Waals surface area (Å²) in [5.41, 5.74) is 6.79. The highest BCUT2D eigenvalue weighted by atomic mass is 19.4. The zero-order chi connectivity index (χ0) is 24.6. The van der Waals surface area contributed by atoms with Crippen LogP contribution in [-0.2, 0) is 4.79 Å². The van der Waals surface area contributed by atoms with E-state index in [0.29, 0.717) is 22.5 Å². The number of nitrogen functional groups attached to an aromatic ring is 1. The van der Waals surface area contributed by atoms with Crippen LogP contribution in [0.3, 0.4) is 0 Å². The average molecular weight is 473 g/mol. The number of carbonyl (C=O) groups excluding carboxylic acids is 1. The van der Waals surface area contributed by atoms with Crippen LogP contribution in [0.1, 0.15) is 18.5 Å². The van der Waals surface area contributed by atoms with Gasteiger partial charge in [-0.1, -0.05) is 24.6 Å². The van der Waals surface area contributed by atoms with Gasteiger partial charge in [0.15, 0.2) is 11.5 Å². The second-order valence-corrected chi connectivity index (χ2v) is 7.03. The highest BCUT2D eigenvalue weighted by Gasteiger charge is 2.32. The van der Waals surface area contributed by atoms with Crippen molar-refractivity contribution in [2.75, 3.05) is 25.4 Å². The van der Waals surface area contributed by atoms with Crippen molar-refractivity contribution >= 4 is 22.8 Å². The van der Waals surface area contributed by atoms with Crippen LogP contribution in [0.15, 0.2) is 49.3 Å². The molecule has 2 aromatic heterocycles. The summed E-state index contributed by atoms with van der Waals surface area (Å²) >= 11 is 0. The van der Waals surface area contributed by atoms with E-state index in [-0.39, 0.29) is 18.3 Å². The molecule has 1 aliphatic rings. The number of benzene rings is 1. The first kappa shape index (κ1) is 24.4. The number of nitrogens with zero attached hydrogens (tertiary/aromatic N) is 3. The summed E-state index contributed by atoms with van der Waals surface area (Å²) in [5, 5.41) is 0.636. The predicted octanol–water partition coefficient (Wildman–Crippen LogP) is 3.66. The van der Waals surface area contributed by atoms with Crippen molar-refractivity contribution in [3.8, 4) is 23.3 Å². The van der Waals surface area contributed by atoms with Crippen LogP contribution < -0.4 is 15.2 Å². The second kappa shape index (κ2) is 11.1. The summed E-state index contributed by atoms with van der Waals surface area (Å²) in [4.78, 5) is 23.5. The van der Waals surface area contributed by atoms with Crippen LogP contribution in [-0.4, -0.2) is 51.8 Å². The van der Waals surface area contributed by atoms with E-state index in [4.69, 9.17) is 10.5 Å². The first-order valence-electron chi connectivity index (χ1n) is 10.2. The number of aromatic nitrogens is 3. The Morgan fingerprint density at radius 3 is 2.59 bits per heavy atom. The molecular weight excluding hydrogens is 451 g/mol. The number of nitrogens with two attached hydrogens (primary N) is 1. The molecule has 1 aromatic carbocycles. The number of aromatic amines is 1. The molecule has 1 saturated heterocycles. The smallest absolute Gasteiger partial charge is 0.477 e. The SMILES string of the molecule is C=CC(=O)N1CCCC1.Nc1ncnc2[nH]c(C#CCOc3ccccc3OC(F)(F)F)cc12. The van der Waals surface area contributed by atoms with E-state index in [1.165, 1.54) is 30.6 Å². The average Bonchev–Trinajstić information content (AvgIpc) is 3.47. The zero-order valence-electron chi connectivity index (χ0n) is 18.1. The molecular formula is C23H22F3N5O3. The van der Waals surface area contributed by atoms with Crippen LogP contribution in [0.5, 0.6) is 11.5 Å². The van der Waals surface area contributed by atoms with Crippen molar-refractivity contribution in [2.24, 2.45) is 0 Å². The number of hydrogen-bond acceptors (Lipinski definition) is 6. The molecule has 4 rings (SSSR count). The lowest BCUT2D eigenvalue weighted by Crippen LogP contribution is -2.25. The summed E-state index contributed by atoms with van der Waals surface area (Å²) < 4.78 is 46.1. The van der Waals surface area contributed by atoms with Crippen LogP contribution in [0, 0.1) is 11.8 Å². The van der Waals surface area contributed by atoms with Gasteiger partial charge in [-0.2, -0.15) is 0 Å². The van der Waals surface area contributed by atoms with Gasteiger partial charge in [-0.15, -0.1) is 13.2 Å². The molecule has 0 spiro atoms. The first-order chi connectivity index (χ1) is 16.3. The number of nitrogens with one attached hydrogen (secondary N) is 1. The third kappa shape index (κ3) is 6.90. The number of H-pyrrole nitrogens is 1. The molecule has 1 amide bonds. The molecule has 3 N–H and O–H groups in total. The summed E-state index contributed by atoms with van der Waals surface area (Å²) in [7, 11) is 0. The normalized spacial score (nSPS) is 12.9. The molecule has 34 heavy (non-hydrogen) atoms. The quantitative estimate of drug-likeness (QED) is 0.443. The lowest BCUT2D eigenvalue weighted by Gasteiger charge is -2.12. The molecule has 0 radical (unpaired) electrons. The topological polar surface area (TPSA) is 106 Å². The molecule has 11 heteroatoms. The Kier molecular flexibility index (Phi) is 7.97. The Morgan fingerprint density at radius 2 is 1.94 bits per heavy atom. The van der Waals surface area contributed by atoms with E-state index >= 15 is 0 Å². The minimum atomic E-state index is -4.80. The Bertz CT molecular complexity index is 1210. The molecule has 3 aromatic rings. The van der Waals surface area contributed by atoms with Gasteiger partial charge in [-0.05, 0) is 43.0 Å². The molecule has 178 valence electrons. The minimum Gasteiger partial charge on any atom is -0.477 e. The third-order valence-electron chi connectivity index (χ3n) is 4.65. The summed E-state index contributed by atoms with van der Waals surface area (Å²) in [6.07, 6.45) is 0.215. The van der Waals surface area contributed by atoms with Gasteiger partial charge in [-0.3, -0.25) is 4.79 Å². The Hall–Kier alpha value is -4.20. The lowest BCUT2D eigenvalue weighted by molar-refractivity contribution is -0.275. The van der Waals surface area contributed by atoms with Gasteiger partial charge in [-0.25, -0.2) is 9.97 Å². The largest absolute Gasteiger partial charge is 0.573 e. The second-order valence-electron chi connectivity index (χ2n) is 7.03. The molecule has 0 bridgehead atoms. The van der Waals surface area contributed by atoms with Crippen LogP contribution in [0.2, 0.25) is 0 Å². The van der Waals surface area contributed by atoms with E-state index in [9.17, 15) is 18.0 Å². The monoisotopic (exact) mass is 473 g/mol. The Balaban J connectivity index is 0.000000302. The highest BCUT2D eigenvalue weighted by molar-refractivity contribution is 5.87. The minimum absolute atomic E-state index is 0.0547. The lowest BCUT2D eigenvalue weighted by atomic mass is 10.3. The molecule has 0 aliphatic carbocycles. The fraction of sp³-hybridized carbons (Fsp3) is 0.261. The van der Waals surface area contributed by atoms with Crippen LogP contribution >= 0.6 is 0 Å². The van der Waals surface area contributed by atoms with Crippen LogP contribution in [0.25, 0.3) is 11.0 Å². The molecule has 8 nitrogen and oxygen atoms in total. The Morgan fingerprint density at radius 1 is 1.24 bits per heavy atom. The molecule has 0 unspecified atom stereocenters. The van der Waals surface area contributed by atoms with E-state index in [1.807, 2.05) is 4.90 Å². The zero-order valence-corrected chi connectivity index (χ0v) is 18.1. The number of halogens is 3. The molecule has 3 heterocycles. The summed E-state index contributed by atoms with van der Waals surface area (Å²) in [6, 6.07) is 7.15. The van der Waals surface area contributed by atoms with E-state index in [2.05, 4.69) is 38.1 Å². The number of fused-ring (bicyclic) bond motifs is 1. The van der Waals surface area contributed by atoms with Crippen molar-refractivity contribution < 1.29 is 27.4 Å². The number of ether oxygens (including phenoxy) is 2. The van der Waals surface area contributed by atoms with Crippen molar-refractivity contribution in [3.05, 3.63) is 55.0 Å². The van der Waals surface area contributed by atoms with Gasteiger partial charge in [0.1, 0.15) is 24.4 Å². The maximum atomic E-state index is 12.3. The standard InChI is InChI=1S/C16H11F3N4O2.C7H11NO/c17-16(18,19)25-13-6-2-1-5-12(13)24-7-3-4-10-8-11-14(20)21-9-22-15(11)23-10;1-2-7(9)8-5-3-4-6-8/h1-2,5-6,8-9H,7H2,(H3,20,21,22,23);2H,1,3-6H2. The number of alkyl halides is 3. The fourth-order valence-corrected chi connectivity index (χ4v) is 3.12. The van der Waals surface area contributed by atoms with E-state index < -0.39 is 12.1 Å². The number of para-hydroxylation sites is 2. The Labute approximate surface area is 193 Å². The van der Waals surface area contributed by atoms with Gasteiger partial charge in [0, 0.05) is 13.1 Å². The molecule has 0 atom stereocenters. The number of hydrogen-bond donors (Lipinski definition) is 2. The van der Waals surface area contributed by atoms with Crippen LogP contribution in [0.4, 0.5) is 19.0 Å². The van der Waals surface area contributed by atoms with Gasteiger partial charge in [0.25, 0.3) is 0 Å². The predicted molar refractivity (Wildman–Crippen MR) is 120 cm³/mol.